The second-order valence-corrected chi connectivity index (χ2v) is 7.03. The molecule has 19 heavy (non-hydrogen) atoms. The van der Waals surface area contributed by atoms with Crippen molar-refractivity contribution in [1.29, 1.82) is 0 Å². The molecule has 5 nitrogen and oxygen atoms in total. The van der Waals surface area contributed by atoms with Crippen molar-refractivity contribution in [3.05, 3.63) is 24.3 Å². The molecule has 1 heterocycles. The molecule has 1 aromatic rings. The Hall–Kier alpha value is -1.27. The molecule has 0 radical (unpaired) electrons. The van der Waals surface area contributed by atoms with Crippen LogP contribution in [0.3, 0.4) is 0 Å². The van der Waals surface area contributed by atoms with Crippen LogP contribution in [0.15, 0.2) is 24.3 Å². The molecule has 3 N–H and O–H groups in total. The summed E-state index contributed by atoms with van der Waals surface area (Å²) in [6.45, 7) is 3.87. The van der Waals surface area contributed by atoms with Gasteiger partial charge in [-0.2, -0.15) is 0 Å². The van der Waals surface area contributed by atoms with Crippen LogP contribution < -0.4 is 15.4 Å². The van der Waals surface area contributed by atoms with Gasteiger partial charge in [0.15, 0.2) is 0 Å². The van der Waals surface area contributed by atoms with E-state index in [1.54, 1.807) is 19.1 Å². The van der Waals surface area contributed by atoms with E-state index >= 15 is 0 Å². The fourth-order valence-corrected chi connectivity index (χ4v) is 3.03. The predicted octanol–water partition coefficient (Wildman–Crippen LogP) is 1.38. The second-order valence-electron chi connectivity index (χ2n) is 4.93. The van der Waals surface area contributed by atoms with Gasteiger partial charge in [-0.3, -0.25) is 4.72 Å². The molecule has 0 amide bonds. The lowest BCUT2D eigenvalue weighted by atomic mass is 10.2. The van der Waals surface area contributed by atoms with Crippen molar-refractivity contribution in [2.45, 2.75) is 25.0 Å². The fourth-order valence-electron chi connectivity index (χ4n) is 2.11. The summed E-state index contributed by atoms with van der Waals surface area (Å²) in [6, 6.07) is 7.51. The van der Waals surface area contributed by atoms with Crippen molar-refractivity contribution in [1.82, 2.24) is 0 Å². The number of benzene rings is 1. The Morgan fingerprint density at radius 1 is 1.26 bits per heavy atom. The van der Waals surface area contributed by atoms with E-state index in [-0.39, 0.29) is 6.54 Å². The normalized spacial score (nSPS) is 17.5. The lowest BCUT2D eigenvalue weighted by molar-refractivity contribution is 0.589. The molecule has 1 saturated heterocycles. The van der Waals surface area contributed by atoms with Crippen LogP contribution in [0.1, 0.15) is 19.8 Å². The molecule has 1 unspecified atom stereocenters. The zero-order valence-electron chi connectivity index (χ0n) is 11.2. The first-order valence-electron chi connectivity index (χ1n) is 6.59. The largest absolute Gasteiger partial charge is 0.372 e. The van der Waals surface area contributed by atoms with Crippen molar-refractivity contribution >= 4 is 21.4 Å². The van der Waals surface area contributed by atoms with Gasteiger partial charge in [0.05, 0.1) is 5.25 Å². The third kappa shape index (κ3) is 3.39. The monoisotopic (exact) mass is 283 g/mol. The lowest BCUT2D eigenvalue weighted by Crippen LogP contribution is -2.31. The Labute approximate surface area is 114 Å². The molecule has 0 spiro atoms. The molecule has 0 bridgehead atoms. The van der Waals surface area contributed by atoms with Crippen LogP contribution in [0, 0.1) is 0 Å². The van der Waals surface area contributed by atoms with Gasteiger partial charge >= 0.3 is 0 Å². The zero-order chi connectivity index (χ0) is 13.9. The fraction of sp³-hybridized carbons (Fsp3) is 0.538. The van der Waals surface area contributed by atoms with Crippen molar-refractivity contribution < 1.29 is 8.42 Å². The van der Waals surface area contributed by atoms with Gasteiger partial charge in [0.25, 0.3) is 0 Å². The summed E-state index contributed by atoms with van der Waals surface area (Å²) in [5, 5.41) is -0.592. The first kappa shape index (κ1) is 14.1. The molecule has 1 aliphatic rings. The summed E-state index contributed by atoms with van der Waals surface area (Å²) in [4.78, 5) is 2.31. The first-order chi connectivity index (χ1) is 9.03. The highest BCUT2D eigenvalue weighted by Gasteiger charge is 2.19. The zero-order valence-corrected chi connectivity index (χ0v) is 12.0. The molecule has 0 saturated carbocycles. The number of nitrogens with two attached hydrogens (primary N) is 1. The summed E-state index contributed by atoms with van der Waals surface area (Å²) in [7, 11) is -3.38. The Morgan fingerprint density at radius 3 is 2.37 bits per heavy atom. The summed E-state index contributed by atoms with van der Waals surface area (Å²) in [5.74, 6) is 0. The van der Waals surface area contributed by atoms with Gasteiger partial charge in [-0.05, 0) is 44.0 Å². The molecule has 2 rings (SSSR count). The topological polar surface area (TPSA) is 75.4 Å². The quantitative estimate of drug-likeness (QED) is 0.856. The smallest absolute Gasteiger partial charge is 0.236 e. The summed E-state index contributed by atoms with van der Waals surface area (Å²) in [5.41, 5.74) is 7.12. The van der Waals surface area contributed by atoms with E-state index in [2.05, 4.69) is 9.62 Å². The van der Waals surface area contributed by atoms with Crippen LogP contribution in [0.4, 0.5) is 11.4 Å². The summed E-state index contributed by atoms with van der Waals surface area (Å²) in [6.07, 6.45) is 2.45. The van der Waals surface area contributed by atoms with Gasteiger partial charge in [-0.15, -0.1) is 0 Å². The van der Waals surface area contributed by atoms with Gasteiger partial charge < -0.3 is 10.6 Å². The standard InChI is InChI=1S/C13H21N3O2S/c1-11(10-14)19(17,18)15-12-4-6-13(7-5-12)16-8-2-3-9-16/h4-7,11,15H,2-3,8-10,14H2,1H3. The molecule has 1 aliphatic heterocycles. The molecular formula is C13H21N3O2S. The molecular weight excluding hydrogens is 262 g/mol. The lowest BCUT2D eigenvalue weighted by Gasteiger charge is -2.18. The van der Waals surface area contributed by atoms with Gasteiger partial charge in [-0.1, -0.05) is 0 Å². The molecule has 1 atom stereocenters. The van der Waals surface area contributed by atoms with Crippen LogP contribution in [-0.2, 0) is 10.0 Å². The summed E-state index contributed by atoms with van der Waals surface area (Å²) >= 11 is 0. The highest BCUT2D eigenvalue weighted by molar-refractivity contribution is 7.93. The highest BCUT2D eigenvalue weighted by atomic mass is 32.2. The molecule has 6 heteroatoms. The number of nitrogens with zero attached hydrogens (tertiary/aromatic N) is 1. The van der Waals surface area contributed by atoms with Crippen LogP contribution in [-0.4, -0.2) is 33.3 Å². The molecule has 0 aliphatic carbocycles. The van der Waals surface area contributed by atoms with E-state index in [9.17, 15) is 8.42 Å². The number of sulfonamides is 1. The van der Waals surface area contributed by atoms with Crippen molar-refractivity contribution in [2.24, 2.45) is 5.73 Å². The van der Waals surface area contributed by atoms with E-state index in [1.807, 2.05) is 12.1 Å². The van der Waals surface area contributed by atoms with Crippen LogP contribution in [0.5, 0.6) is 0 Å². The van der Waals surface area contributed by atoms with Crippen molar-refractivity contribution in [2.75, 3.05) is 29.3 Å². The maximum Gasteiger partial charge on any atom is 0.236 e. The second kappa shape index (κ2) is 5.79. The third-order valence-corrected chi connectivity index (χ3v) is 5.23. The molecule has 1 aromatic carbocycles. The van der Waals surface area contributed by atoms with Crippen LogP contribution in [0.2, 0.25) is 0 Å². The Morgan fingerprint density at radius 2 is 1.84 bits per heavy atom. The van der Waals surface area contributed by atoms with E-state index < -0.39 is 15.3 Å². The van der Waals surface area contributed by atoms with Gasteiger partial charge in [0.2, 0.25) is 10.0 Å². The minimum absolute atomic E-state index is 0.112. The van der Waals surface area contributed by atoms with Crippen LogP contribution >= 0.6 is 0 Å². The average Bonchev–Trinajstić information content (AvgIpc) is 2.92. The van der Waals surface area contributed by atoms with Gasteiger partial charge in [0, 0.05) is 31.0 Å². The molecule has 0 aromatic heterocycles. The molecule has 106 valence electrons. The van der Waals surface area contributed by atoms with Crippen LogP contribution in [0.25, 0.3) is 0 Å². The first-order valence-corrected chi connectivity index (χ1v) is 8.14. The Bertz CT molecular complexity index is 507. The number of anilines is 2. The van der Waals surface area contributed by atoms with E-state index in [0.717, 1.165) is 18.8 Å². The minimum atomic E-state index is -3.38. The van der Waals surface area contributed by atoms with Gasteiger partial charge in [0.1, 0.15) is 0 Å². The van der Waals surface area contributed by atoms with Gasteiger partial charge in [-0.25, -0.2) is 8.42 Å². The highest BCUT2D eigenvalue weighted by Crippen LogP contribution is 2.22. The van der Waals surface area contributed by atoms with E-state index in [4.69, 9.17) is 5.73 Å². The SMILES string of the molecule is CC(CN)S(=O)(=O)Nc1ccc(N2CCCC2)cc1. The third-order valence-electron chi connectivity index (χ3n) is 3.46. The maximum atomic E-state index is 11.9. The summed E-state index contributed by atoms with van der Waals surface area (Å²) < 4.78 is 26.3. The molecule has 1 fully saturated rings. The number of hydrogen-bond acceptors (Lipinski definition) is 4. The number of nitrogens with one attached hydrogen (secondary N) is 1. The Balaban J connectivity index is 2.06. The van der Waals surface area contributed by atoms with Crippen molar-refractivity contribution in [3.8, 4) is 0 Å². The van der Waals surface area contributed by atoms with E-state index in [0.29, 0.717) is 5.69 Å². The number of rotatable bonds is 5. The minimum Gasteiger partial charge on any atom is -0.372 e. The predicted molar refractivity (Wildman–Crippen MR) is 78.9 cm³/mol. The maximum absolute atomic E-state index is 11.9. The number of hydrogen-bond donors (Lipinski definition) is 2. The van der Waals surface area contributed by atoms with Crippen molar-refractivity contribution in [3.63, 3.8) is 0 Å². The van der Waals surface area contributed by atoms with E-state index in [1.165, 1.54) is 12.8 Å². The Kier molecular flexibility index (Phi) is 4.31. The average molecular weight is 283 g/mol.